The monoisotopic (exact) mass is 379 g/mol. The molecule has 0 unspecified atom stereocenters. The van der Waals surface area contributed by atoms with Crippen molar-refractivity contribution >= 4 is 35.2 Å². The van der Waals surface area contributed by atoms with Crippen molar-refractivity contribution < 1.29 is 23.9 Å². The van der Waals surface area contributed by atoms with E-state index < -0.39 is 36.0 Å². The van der Waals surface area contributed by atoms with E-state index in [4.69, 9.17) is 4.74 Å². The fourth-order valence-corrected chi connectivity index (χ4v) is 4.33. The number of nitrogens with one attached hydrogen (secondary N) is 2. The zero-order valence-corrected chi connectivity index (χ0v) is 15.5. The quantitative estimate of drug-likeness (QED) is 0.613. The highest BCUT2D eigenvalue weighted by Crippen LogP contribution is 2.33. The number of carbonyl (C=O) groups excluding carboxylic acids is 4. The van der Waals surface area contributed by atoms with Gasteiger partial charge in [-0.15, -0.1) is 11.3 Å². The fourth-order valence-electron chi connectivity index (χ4n) is 3.42. The van der Waals surface area contributed by atoms with Crippen molar-refractivity contribution in [3.05, 3.63) is 21.4 Å². The number of nitrogens with zero attached hydrogens (tertiary/aromatic N) is 1. The van der Waals surface area contributed by atoms with Gasteiger partial charge in [-0.3, -0.25) is 15.0 Å². The first-order valence-corrected chi connectivity index (χ1v) is 9.34. The molecule has 0 bridgehead atoms. The van der Waals surface area contributed by atoms with Crippen LogP contribution in [-0.4, -0.2) is 41.0 Å². The van der Waals surface area contributed by atoms with Crippen molar-refractivity contribution in [3.63, 3.8) is 0 Å². The zero-order valence-electron chi connectivity index (χ0n) is 14.7. The molecule has 1 spiro atoms. The van der Waals surface area contributed by atoms with Crippen LogP contribution in [0.15, 0.2) is 6.07 Å². The summed E-state index contributed by atoms with van der Waals surface area (Å²) in [5.74, 6) is -1.80. The SMILES string of the molecule is Cc1cc(C(=O)OCC(=O)NN2C(=O)NC3(CCCCC3)C2=O)c(C)s1. The minimum Gasteiger partial charge on any atom is -0.452 e. The topological polar surface area (TPSA) is 105 Å². The maximum Gasteiger partial charge on any atom is 0.344 e. The van der Waals surface area contributed by atoms with Gasteiger partial charge in [0.2, 0.25) is 0 Å². The molecule has 0 aromatic carbocycles. The third kappa shape index (κ3) is 3.44. The lowest BCUT2D eigenvalue weighted by Crippen LogP contribution is -2.51. The summed E-state index contributed by atoms with van der Waals surface area (Å²) < 4.78 is 4.99. The van der Waals surface area contributed by atoms with Crippen LogP contribution in [-0.2, 0) is 14.3 Å². The van der Waals surface area contributed by atoms with Crippen LogP contribution in [0.5, 0.6) is 0 Å². The molecule has 2 heterocycles. The molecule has 9 heteroatoms. The molecular formula is C17H21N3O5S. The third-order valence-electron chi connectivity index (χ3n) is 4.70. The first kappa shape index (κ1) is 18.4. The van der Waals surface area contributed by atoms with Gasteiger partial charge in [-0.05, 0) is 32.8 Å². The number of urea groups is 1. The predicted octanol–water partition coefficient (Wildman–Crippen LogP) is 1.81. The van der Waals surface area contributed by atoms with Gasteiger partial charge < -0.3 is 10.1 Å². The van der Waals surface area contributed by atoms with Crippen LogP contribution in [0.4, 0.5) is 4.79 Å². The van der Waals surface area contributed by atoms with Gasteiger partial charge in [-0.2, -0.15) is 5.01 Å². The van der Waals surface area contributed by atoms with Crippen molar-refractivity contribution in [2.24, 2.45) is 0 Å². The summed E-state index contributed by atoms with van der Waals surface area (Å²) in [6, 6.07) is 1.05. The summed E-state index contributed by atoms with van der Waals surface area (Å²) in [6.45, 7) is 3.10. The van der Waals surface area contributed by atoms with E-state index in [-0.39, 0.29) is 0 Å². The van der Waals surface area contributed by atoms with Crippen LogP contribution in [0.25, 0.3) is 0 Å². The normalized spacial score (nSPS) is 18.8. The molecular weight excluding hydrogens is 358 g/mol. The second-order valence-electron chi connectivity index (χ2n) is 6.65. The van der Waals surface area contributed by atoms with Gasteiger partial charge in [0.05, 0.1) is 5.56 Å². The molecule has 1 saturated carbocycles. The number of hydrogen-bond donors (Lipinski definition) is 2. The Labute approximate surface area is 154 Å². The van der Waals surface area contributed by atoms with Gasteiger partial charge in [0.1, 0.15) is 5.54 Å². The number of carbonyl (C=O) groups is 4. The zero-order chi connectivity index (χ0) is 18.9. The minimum absolute atomic E-state index is 0.413. The average molecular weight is 379 g/mol. The summed E-state index contributed by atoms with van der Waals surface area (Å²) >= 11 is 1.46. The molecule has 8 nitrogen and oxygen atoms in total. The van der Waals surface area contributed by atoms with Crippen molar-refractivity contribution in [2.45, 2.75) is 51.5 Å². The van der Waals surface area contributed by atoms with E-state index in [1.54, 1.807) is 13.0 Å². The van der Waals surface area contributed by atoms with Crippen LogP contribution in [0.2, 0.25) is 0 Å². The van der Waals surface area contributed by atoms with Crippen LogP contribution in [0.3, 0.4) is 0 Å². The van der Waals surface area contributed by atoms with Crippen LogP contribution in [0.1, 0.15) is 52.2 Å². The highest BCUT2D eigenvalue weighted by atomic mass is 32.1. The number of imide groups is 1. The Morgan fingerprint density at radius 3 is 2.58 bits per heavy atom. The molecule has 2 aliphatic rings. The molecule has 1 aromatic rings. The van der Waals surface area contributed by atoms with Crippen molar-refractivity contribution in [1.82, 2.24) is 15.8 Å². The number of hydrogen-bond acceptors (Lipinski definition) is 6. The van der Waals surface area contributed by atoms with Crippen molar-refractivity contribution in [1.29, 1.82) is 0 Å². The summed E-state index contributed by atoms with van der Waals surface area (Å²) in [7, 11) is 0. The lowest BCUT2D eigenvalue weighted by Gasteiger charge is -2.30. The number of hydrazine groups is 1. The standard InChI is InChI=1S/C17H21N3O5S/c1-10-8-12(11(2)26-10)14(22)25-9-13(21)19-20-15(23)17(18-16(20)24)6-4-3-5-7-17/h8H,3-7,9H2,1-2H3,(H,18,24)(H,19,21). The maximum atomic E-state index is 12.6. The summed E-state index contributed by atoms with van der Waals surface area (Å²) in [5.41, 5.74) is 1.74. The number of amides is 4. The summed E-state index contributed by atoms with van der Waals surface area (Å²) in [6.07, 6.45) is 3.86. The summed E-state index contributed by atoms with van der Waals surface area (Å²) in [5, 5.41) is 3.39. The van der Waals surface area contributed by atoms with Gasteiger partial charge >= 0.3 is 12.0 Å². The van der Waals surface area contributed by atoms with E-state index in [9.17, 15) is 19.2 Å². The molecule has 2 N–H and O–H groups in total. The van der Waals surface area contributed by atoms with E-state index in [1.807, 2.05) is 6.92 Å². The van der Waals surface area contributed by atoms with Gasteiger partial charge in [0, 0.05) is 9.75 Å². The highest BCUT2D eigenvalue weighted by Gasteiger charge is 2.52. The van der Waals surface area contributed by atoms with E-state index in [1.165, 1.54) is 11.3 Å². The van der Waals surface area contributed by atoms with Crippen LogP contribution >= 0.6 is 11.3 Å². The van der Waals surface area contributed by atoms with E-state index in [2.05, 4.69) is 10.7 Å². The Morgan fingerprint density at radius 1 is 1.27 bits per heavy atom. The van der Waals surface area contributed by atoms with E-state index >= 15 is 0 Å². The third-order valence-corrected chi connectivity index (χ3v) is 5.67. The van der Waals surface area contributed by atoms with E-state index in [0.717, 1.165) is 29.0 Å². The fraction of sp³-hybridized carbons (Fsp3) is 0.529. The first-order chi connectivity index (χ1) is 12.3. The second kappa shape index (κ2) is 7.06. The van der Waals surface area contributed by atoms with Gasteiger partial charge in [-0.1, -0.05) is 19.3 Å². The Morgan fingerprint density at radius 2 is 1.96 bits per heavy atom. The first-order valence-electron chi connectivity index (χ1n) is 8.53. The number of ether oxygens (including phenoxy) is 1. The predicted molar refractivity (Wildman–Crippen MR) is 93.4 cm³/mol. The molecule has 26 heavy (non-hydrogen) atoms. The lowest BCUT2D eigenvalue weighted by molar-refractivity contribution is -0.140. The van der Waals surface area contributed by atoms with Gasteiger partial charge in [0.25, 0.3) is 11.8 Å². The Kier molecular flexibility index (Phi) is 4.99. The van der Waals surface area contributed by atoms with Crippen LogP contribution < -0.4 is 10.7 Å². The molecule has 1 aromatic heterocycles. The molecule has 140 valence electrons. The average Bonchev–Trinajstić information content (AvgIpc) is 3.05. The molecule has 1 aliphatic carbocycles. The lowest BCUT2D eigenvalue weighted by atomic mass is 9.82. The molecule has 0 radical (unpaired) electrons. The molecule has 1 aliphatic heterocycles. The molecule has 4 amide bonds. The maximum absolute atomic E-state index is 12.6. The summed E-state index contributed by atoms with van der Waals surface area (Å²) in [4.78, 5) is 50.5. The van der Waals surface area contributed by atoms with Gasteiger partial charge in [-0.25, -0.2) is 9.59 Å². The van der Waals surface area contributed by atoms with Gasteiger partial charge in [0.15, 0.2) is 6.61 Å². The number of thiophene rings is 1. The largest absolute Gasteiger partial charge is 0.452 e. The molecule has 2 fully saturated rings. The second-order valence-corrected chi connectivity index (χ2v) is 8.11. The smallest absolute Gasteiger partial charge is 0.344 e. The Balaban J connectivity index is 1.56. The Bertz CT molecular complexity index is 766. The number of rotatable bonds is 4. The van der Waals surface area contributed by atoms with E-state index in [0.29, 0.717) is 23.4 Å². The van der Waals surface area contributed by atoms with Crippen molar-refractivity contribution in [3.8, 4) is 0 Å². The van der Waals surface area contributed by atoms with Crippen molar-refractivity contribution in [2.75, 3.05) is 6.61 Å². The Hall–Kier alpha value is -2.42. The number of esters is 1. The molecule has 3 rings (SSSR count). The molecule has 1 saturated heterocycles. The molecule has 0 atom stereocenters. The highest BCUT2D eigenvalue weighted by molar-refractivity contribution is 7.12. The van der Waals surface area contributed by atoms with Crippen LogP contribution in [0, 0.1) is 13.8 Å². The number of aryl methyl sites for hydroxylation is 2. The minimum atomic E-state index is -0.912.